The highest BCUT2D eigenvalue weighted by atomic mass is 35.5. The third kappa shape index (κ3) is 4.85. The maximum Gasteiger partial charge on any atom is 0.323 e. The van der Waals surface area contributed by atoms with E-state index in [9.17, 15) is 14.0 Å². The second-order valence-corrected chi connectivity index (χ2v) is 9.37. The van der Waals surface area contributed by atoms with Crippen LogP contribution in [-0.2, 0) is 16.1 Å². The number of aromatic amines is 1. The fourth-order valence-corrected chi connectivity index (χ4v) is 5.06. The van der Waals surface area contributed by atoms with Crippen molar-refractivity contribution in [2.75, 3.05) is 13.7 Å². The number of carbonyl (C=O) groups excluding carboxylic acids is 2. The second-order valence-electron chi connectivity index (χ2n) is 8.93. The molecular weight excluding hydrogens is 481 g/mol. The number of hydrogen-bond acceptors (Lipinski definition) is 4. The largest absolute Gasteiger partial charge is 0.468 e. The summed E-state index contributed by atoms with van der Waals surface area (Å²) in [7, 11) is 1.35. The van der Waals surface area contributed by atoms with Crippen molar-refractivity contribution in [2.24, 2.45) is 0 Å². The number of methoxy groups -OCH3 is 1. The lowest BCUT2D eigenvalue weighted by Gasteiger charge is -2.22. The number of H-pyrrole nitrogens is 1. The van der Waals surface area contributed by atoms with Crippen molar-refractivity contribution in [1.82, 2.24) is 15.2 Å². The summed E-state index contributed by atoms with van der Waals surface area (Å²) in [6.45, 7) is 0.891. The van der Waals surface area contributed by atoms with E-state index in [0.717, 1.165) is 27.6 Å². The van der Waals surface area contributed by atoms with Gasteiger partial charge in [-0.25, -0.2) is 4.39 Å². The molecule has 1 aliphatic heterocycles. The van der Waals surface area contributed by atoms with Gasteiger partial charge in [-0.3, -0.25) is 14.5 Å². The van der Waals surface area contributed by atoms with Crippen LogP contribution in [0.25, 0.3) is 22.0 Å². The van der Waals surface area contributed by atoms with Crippen molar-refractivity contribution < 1.29 is 18.7 Å². The van der Waals surface area contributed by atoms with Gasteiger partial charge in [-0.2, -0.15) is 0 Å². The van der Waals surface area contributed by atoms with E-state index in [1.165, 1.54) is 19.2 Å². The quantitative estimate of drug-likeness (QED) is 0.354. The van der Waals surface area contributed by atoms with Gasteiger partial charge in [0.05, 0.1) is 7.11 Å². The van der Waals surface area contributed by atoms with Crippen LogP contribution in [0.1, 0.15) is 22.5 Å². The molecule has 36 heavy (non-hydrogen) atoms. The number of halogens is 2. The fourth-order valence-electron chi connectivity index (χ4n) is 4.89. The van der Waals surface area contributed by atoms with Gasteiger partial charge in [-0.05, 0) is 47.9 Å². The summed E-state index contributed by atoms with van der Waals surface area (Å²) in [6, 6.07) is 20.5. The molecule has 6 nitrogen and oxygen atoms in total. The number of nitrogens with one attached hydrogen (secondary N) is 2. The highest BCUT2D eigenvalue weighted by Crippen LogP contribution is 2.34. The minimum atomic E-state index is -0.513. The van der Waals surface area contributed by atoms with Gasteiger partial charge in [0.25, 0.3) is 5.91 Å². The normalized spacial score (nSPS) is 17.9. The summed E-state index contributed by atoms with van der Waals surface area (Å²) in [5, 5.41) is 4.54. The third-order valence-corrected chi connectivity index (χ3v) is 6.80. The Balaban J connectivity index is 1.41. The molecule has 184 valence electrons. The lowest BCUT2D eigenvalue weighted by atomic mass is 10.0. The van der Waals surface area contributed by atoms with Gasteiger partial charge in [0.15, 0.2) is 0 Å². The Morgan fingerprint density at radius 3 is 2.58 bits per heavy atom. The molecule has 1 aliphatic rings. The summed E-state index contributed by atoms with van der Waals surface area (Å²) in [4.78, 5) is 31.3. The predicted molar refractivity (Wildman–Crippen MR) is 137 cm³/mol. The Bertz CT molecular complexity index is 1410. The third-order valence-electron chi connectivity index (χ3n) is 6.56. The van der Waals surface area contributed by atoms with Crippen LogP contribution < -0.4 is 5.32 Å². The smallest absolute Gasteiger partial charge is 0.323 e. The lowest BCUT2D eigenvalue weighted by Crippen LogP contribution is -2.38. The summed E-state index contributed by atoms with van der Waals surface area (Å²) >= 11 is 6.27. The van der Waals surface area contributed by atoms with E-state index in [4.69, 9.17) is 16.3 Å². The van der Waals surface area contributed by atoms with Gasteiger partial charge in [0.1, 0.15) is 17.6 Å². The van der Waals surface area contributed by atoms with E-state index >= 15 is 0 Å². The SMILES string of the molecule is COC(=O)[C@@H]1C[C@@H](NC(=O)c2[nH]c3ccc(Cl)cc3c2-c2ccccc2)CN1Cc1ccc(F)cc1. The van der Waals surface area contributed by atoms with Crippen LogP contribution in [0.5, 0.6) is 0 Å². The van der Waals surface area contributed by atoms with Crippen LogP contribution >= 0.6 is 11.6 Å². The van der Waals surface area contributed by atoms with E-state index < -0.39 is 6.04 Å². The van der Waals surface area contributed by atoms with E-state index in [1.807, 2.05) is 47.4 Å². The molecule has 1 amide bonds. The molecule has 1 saturated heterocycles. The summed E-state index contributed by atoms with van der Waals surface area (Å²) < 4.78 is 18.4. The Morgan fingerprint density at radius 1 is 1.11 bits per heavy atom. The fraction of sp³-hybridized carbons (Fsp3) is 0.214. The molecule has 2 atom stereocenters. The number of benzene rings is 3. The van der Waals surface area contributed by atoms with Crippen LogP contribution in [0, 0.1) is 5.82 Å². The van der Waals surface area contributed by atoms with E-state index in [1.54, 1.807) is 18.2 Å². The van der Waals surface area contributed by atoms with Crippen molar-refractivity contribution in [3.63, 3.8) is 0 Å². The Kier molecular flexibility index (Phi) is 6.76. The molecule has 8 heteroatoms. The number of carbonyl (C=O) groups is 2. The molecule has 1 fully saturated rings. The van der Waals surface area contributed by atoms with Crippen molar-refractivity contribution in [1.29, 1.82) is 0 Å². The van der Waals surface area contributed by atoms with Crippen LogP contribution in [0.3, 0.4) is 0 Å². The van der Waals surface area contributed by atoms with Gasteiger partial charge >= 0.3 is 5.97 Å². The number of aromatic nitrogens is 1. The number of hydrogen-bond donors (Lipinski definition) is 2. The molecule has 0 unspecified atom stereocenters. The number of ether oxygens (including phenoxy) is 1. The Hall–Kier alpha value is -3.68. The Morgan fingerprint density at radius 2 is 1.86 bits per heavy atom. The first-order valence-corrected chi connectivity index (χ1v) is 12.0. The van der Waals surface area contributed by atoms with Gasteiger partial charge in [0.2, 0.25) is 0 Å². The lowest BCUT2D eigenvalue weighted by molar-refractivity contribution is -0.146. The van der Waals surface area contributed by atoms with Gasteiger partial charge in [-0.1, -0.05) is 54.1 Å². The summed E-state index contributed by atoms with van der Waals surface area (Å²) in [5.74, 6) is -0.943. The molecule has 0 radical (unpaired) electrons. The minimum Gasteiger partial charge on any atom is -0.468 e. The number of nitrogens with zero attached hydrogens (tertiary/aromatic N) is 1. The topological polar surface area (TPSA) is 74.4 Å². The number of fused-ring (bicyclic) bond motifs is 1. The van der Waals surface area contributed by atoms with Gasteiger partial charge in [0, 0.05) is 40.6 Å². The molecule has 0 spiro atoms. The number of rotatable bonds is 6. The monoisotopic (exact) mass is 505 g/mol. The van der Waals surface area contributed by atoms with Crippen molar-refractivity contribution in [3.05, 3.63) is 94.9 Å². The van der Waals surface area contributed by atoms with Crippen LogP contribution in [0.4, 0.5) is 4.39 Å². The van der Waals surface area contributed by atoms with Crippen molar-refractivity contribution >= 4 is 34.4 Å². The van der Waals surface area contributed by atoms with E-state index in [0.29, 0.717) is 30.2 Å². The zero-order chi connectivity index (χ0) is 25.2. The maximum absolute atomic E-state index is 13.5. The molecule has 5 rings (SSSR count). The Labute approximate surface area is 213 Å². The first-order chi connectivity index (χ1) is 17.4. The highest BCUT2D eigenvalue weighted by Gasteiger charge is 2.38. The highest BCUT2D eigenvalue weighted by molar-refractivity contribution is 6.31. The maximum atomic E-state index is 13.5. The van der Waals surface area contributed by atoms with Crippen molar-refractivity contribution in [3.8, 4) is 11.1 Å². The van der Waals surface area contributed by atoms with Gasteiger partial charge < -0.3 is 15.0 Å². The zero-order valence-electron chi connectivity index (χ0n) is 19.6. The molecule has 0 bridgehead atoms. The first-order valence-electron chi connectivity index (χ1n) is 11.7. The minimum absolute atomic E-state index is 0.265. The van der Waals surface area contributed by atoms with E-state index in [2.05, 4.69) is 10.3 Å². The average molecular weight is 506 g/mol. The number of esters is 1. The molecule has 1 aromatic heterocycles. The second kappa shape index (κ2) is 10.1. The first kappa shape index (κ1) is 24.0. The number of likely N-dealkylation sites (tertiary alicyclic amines) is 1. The summed E-state index contributed by atoms with van der Waals surface area (Å²) in [5.41, 5.74) is 3.78. The van der Waals surface area contributed by atoms with Crippen LogP contribution in [-0.4, -0.2) is 47.5 Å². The van der Waals surface area contributed by atoms with E-state index in [-0.39, 0.29) is 23.7 Å². The molecular formula is C28H25ClFN3O3. The molecule has 0 aliphatic carbocycles. The van der Waals surface area contributed by atoms with Crippen LogP contribution in [0.2, 0.25) is 5.02 Å². The van der Waals surface area contributed by atoms with Crippen LogP contribution in [0.15, 0.2) is 72.8 Å². The molecule has 2 heterocycles. The molecule has 4 aromatic rings. The van der Waals surface area contributed by atoms with Gasteiger partial charge in [-0.15, -0.1) is 0 Å². The summed E-state index contributed by atoms with van der Waals surface area (Å²) in [6.07, 6.45) is 0.409. The molecule has 3 aromatic carbocycles. The zero-order valence-corrected chi connectivity index (χ0v) is 20.4. The standard InChI is InChI=1S/C28H25ClFN3O3/c1-36-28(35)24-14-21(16-33(24)15-17-7-10-20(30)11-8-17)31-27(34)26-25(18-5-3-2-4-6-18)22-13-19(29)9-12-23(22)32-26/h2-13,21,24,32H,14-16H2,1H3,(H,31,34)/t21-,24+/m1/s1. The molecule has 0 saturated carbocycles. The average Bonchev–Trinajstić information content (AvgIpc) is 3.46. The molecule has 2 N–H and O–H groups in total. The predicted octanol–water partition coefficient (Wildman–Crippen LogP) is 5.17. The van der Waals surface area contributed by atoms with Crippen molar-refractivity contribution in [2.45, 2.75) is 25.0 Å². The number of amides is 1.